The SMILES string of the molecule is CC1=C(c2ccccc2)N=CCC1. The van der Waals surface area contributed by atoms with Crippen molar-refractivity contribution in [2.75, 3.05) is 0 Å². The highest BCUT2D eigenvalue weighted by molar-refractivity contribution is 5.78. The van der Waals surface area contributed by atoms with Crippen LogP contribution in [0.15, 0.2) is 40.9 Å². The third-order valence-electron chi connectivity index (χ3n) is 2.32. The number of hydrogen-bond donors (Lipinski definition) is 0. The first kappa shape index (κ1) is 8.24. The first-order chi connectivity index (χ1) is 6.38. The molecule has 13 heavy (non-hydrogen) atoms. The van der Waals surface area contributed by atoms with Gasteiger partial charge in [0.15, 0.2) is 0 Å². The maximum absolute atomic E-state index is 4.44. The van der Waals surface area contributed by atoms with Gasteiger partial charge >= 0.3 is 0 Å². The van der Waals surface area contributed by atoms with E-state index in [0.717, 1.165) is 18.5 Å². The zero-order valence-electron chi connectivity index (χ0n) is 7.83. The van der Waals surface area contributed by atoms with Gasteiger partial charge in [0.05, 0.1) is 5.70 Å². The highest BCUT2D eigenvalue weighted by Crippen LogP contribution is 2.25. The first-order valence-corrected chi connectivity index (χ1v) is 4.65. The molecule has 0 saturated heterocycles. The summed E-state index contributed by atoms with van der Waals surface area (Å²) in [5.74, 6) is 0. The van der Waals surface area contributed by atoms with Crippen LogP contribution in [0.4, 0.5) is 0 Å². The Bertz CT molecular complexity index is 347. The summed E-state index contributed by atoms with van der Waals surface area (Å²) in [6, 6.07) is 10.4. The summed E-state index contributed by atoms with van der Waals surface area (Å²) in [7, 11) is 0. The van der Waals surface area contributed by atoms with Crippen molar-refractivity contribution in [3.05, 3.63) is 41.5 Å². The van der Waals surface area contributed by atoms with E-state index in [-0.39, 0.29) is 0 Å². The summed E-state index contributed by atoms with van der Waals surface area (Å²) in [6.07, 6.45) is 4.24. The molecule has 0 fully saturated rings. The quantitative estimate of drug-likeness (QED) is 0.615. The van der Waals surface area contributed by atoms with Crippen molar-refractivity contribution in [2.45, 2.75) is 19.8 Å². The molecule has 1 aliphatic rings. The molecule has 0 saturated carbocycles. The Morgan fingerprint density at radius 3 is 2.62 bits per heavy atom. The average Bonchev–Trinajstić information content (AvgIpc) is 2.20. The fourth-order valence-corrected chi connectivity index (χ4v) is 1.58. The third kappa shape index (κ3) is 1.69. The van der Waals surface area contributed by atoms with E-state index in [1.54, 1.807) is 0 Å². The van der Waals surface area contributed by atoms with Crippen molar-refractivity contribution in [1.82, 2.24) is 0 Å². The molecule has 0 amide bonds. The number of nitrogens with zero attached hydrogens (tertiary/aromatic N) is 1. The molecule has 2 rings (SSSR count). The molecule has 0 atom stereocenters. The summed E-state index contributed by atoms with van der Waals surface area (Å²) in [4.78, 5) is 4.44. The highest BCUT2D eigenvalue weighted by Gasteiger charge is 2.06. The Balaban J connectivity index is 2.41. The van der Waals surface area contributed by atoms with Gasteiger partial charge in [-0.3, -0.25) is 4.99 Å². The summed E-state index contributed by atoms with van der Waals surface area (Å²) >= 11 is 0. The number of allylic oxidation sites excluding steroid dienone is 1. The Morgan fingerprint density at radius 1 is 1.15 bits per heavy atom. The van der Waals surface area contributed by atoms with Gasteiger partial charge in [0, 0.05) is 11.8 Å². The van der Waals surface area contributed by atoms with Gasteiger partial charge in [-0.1, -0.05) is 30.3 Å². The van der Waals surface area contributed by atoms with Crippen molar-refractivity contribution in [2.24, 2.45) is 4.99 Å². The summed E-state index contributed by atoms with van der Waals surface area (Å²) < 4.78 is 0. The van der Waals surface area contributed by atoms with Crippen LogP contribution in [-0.2, 0) is 0 Å². The van der Waals surface area contributed by atoms with Crippen LogP contribution in [0.1, 0.15) is 25.3 Å². The molecule has 1 aliphatic heterocycles. The molecule has 0 bridgehead atoms. The molecule has 0 aliphatic carbocycles. The predicted octanol–water partition coefficient (Wildman–Crippen LogP) is 3.28. The number of hydrogen-bond acceptors (Lipinski definition) is 1. The second kappa shape index (κ2) is 3.56. The molecule has 0 N–H and O–H groups in total. The van der Waals surface area contributed by atoms with Crippen LogP contribution < -0.4 is 0 Å². The molecule has 1 aromatic carbocycles. The van der Waals surface area contributed by atoms with Gasteiger partial charge in [-0.15, -0.1) is 0 Å². The molecule has 0 unspecified atom stereocenters. The van der Waals surface area contributed by atoms with Crippen LogP contribution in [0.2, 0.25) is 0 Å². The Morgan fingerprint density at radius 2 is 1.92 bits per heavy atom. The second-order valence-corrected chi connectivity index (χ2v) is 3.35. The zero-order valence-corrected chi connectivity index (χ0v) is 7.83. The lowest BCUT2D eigenvalue weighted by Crippen LogP contribution is -1.94. The fraction of sp³-hybridized carbons (Fsp3) is 0.250. The predicted molar refractivity (Wildman–Crippen MR) is 56.8 cm³/mol. The van der Waals surface area contributed by atoms with E-state index in [4.69, 9.17) is 0 Å². The molecule has 1 heterocycles. The van der Waals surface area contributed by atoms with Crippen molar-refractivity contribution >= 4 is 11.9 Å². The fourth-order valence-electron chi connectivity index (χ4n) is 1.58. The van der Waals surface area contributed by atoms with Crippen LogP contribution in [0.3, 0.4) is 0 Å². The van der Waals surface area contributed by atoms with Crippen molar-refractivity contribution < 1.29 is 0 Å². The van der Waals surface area contributed by atoms with Crippen molar-refractivity contribution in [3.8, 4) is 0 Å². The number of aliphatic imine (C=N–C) groups is 1. The van der Waals surface area contributed by atoms with Gasteiger partial charge in [0.1, 0.15) is 0 Å². The molecule has 1 nitrogen and oxygen atoms in total. The standard InChI is InChI=1S/C12H13N/c1-10-6-5-9-13-12(10)11-7-3-2-4-8-11/h2-4,7-9H,5-6H2,1H3. The smallest absolute Gasteiger partial charge is 0.0687 e. The largest absolute Gasteiger partial charge is 0.261 e. The van der Waals surface area contributed by atoms with Gasteiger partial charge in [-0.05, 0) is 25.3 Å². The van der Waals surface area contributed by atoms with Crippen LogP contribution >= 0.6 is 0 Å². The molecular formula is C12H13N. The van der Waals surface area contributed by atoms with E-state index in [2.05, 4.69) is 36.2 Å². The zero-order chi connectivity index (χ0) is 9.10. The van der Waals surface area contributed by atoms with Gasteiger partial charge in [-0.25, -0.2) is 0 Å². The minimum atomic E-state index is 1.09. The topological polar surface area (TPSA) is 12.4 Å². The minimum absolute atomic E-state index is 1.09. The average molecular weight is 171 g/mol. The maximum Gasteiger partial charge on any atom is 0.0687 e. The van der Waals surface area contributed by atoms with Crippen LogP contribution in [0.25, 0.3) is 5.70 Å². The molecular weight excluding hydrogens is 158 g/mol. The molecule has 66 valence electrons. The van der Waals surface area contributed by atoms with E-state index in [0.29, 0.717) is 0 Å². The van der Waals surface area contributed by atoms with Gasteiger partial charge < -0.3 is 0 Å². The van der Waals surface area contributed by atoms with Crippen LogP contribution in [0.5, 0.6) is 0 Å². The van der Waals surface area contributed by atoms with Gasteiger partial charge in [0.25, 0.3) is 0 Å². The number of rotatable bonds is 1. The monoisotopic (exact) mass is 171 g/mol. The molecule has 0 aromatic heterocycles. The van der Waals surface area contributed by atoms with Crippen molar-refractivity contribution in [1.29, 1.82) is 0 Å². The van der Waals surface area contributed by atoms with E-state index in [9.17, 15) is 0 Å². The normalized spacial score (nSPS) is 16.4. The summed E-state index contributed by atoms with van der Waals surface area (Å²) in [5, 5.41) is 0. The minimum Gasteiger partial charge on any atom is -0.261 e. The Kier molecular flexibility index (Phi) is 2.26. The van der Waals surface area contributed by atoms with E-state index < -0.39 is 0 Å². The van der Waals surface area contributed by atoms with E-state index >= 15 is 0 Å². The van der Waals surface area contributed by atoms with Gasteiger partial charge in [0.2, 0.25) is 0 Å². The third-order valence-corrected chi connectivity index (χ3v) is 2.32. The molecule has 1 heteroatoms. The number of benzene rings is 1. The first-order valence-electron chi connectivity index (χ1n) is 4.65. The molecule has 0 spiro atoms. The Labute approximate surface area is 78.8 Å². The van der Waals surface area contributed by atoms with E-state index in [1.165, 1.54) is 11.1 Å². The lowest BCUT2D eigenvalue weighted by molar-refractivity contribution is 1.00. The lowest BCUT2D eigenvalue weighted by atomic mass is 10.0. The lowest BCUT2D eigenvalue weighted by Gasteiger charge is -2.11. The summed E-state index contributed by atoms with van der Waals surface area (Å²) in [6.45, 7) is 2.17. The molecule has 1 aromatic rings. The van der Waals surface area contributed by atoms with Crippen LogP contribution in [-0.4, -0.2) is 6.21 Å². The van der Waals surface area contributed by atoms with Gasteiger partial charge in [-0.2, -0.15) is 0 Å². The Hall–Kier alpha value is -1.37. The maximum atomic E-state index is 4.44. The van der Waals surface area contributed by atoms with Crippen LogP contribution in [0, 0.1) is 0 Å². The van der Waals surface area contributed by atoms with E-state index in [1.807, 2.05) is 12.3 Å². The highest BCUT2D eigenvalue weighted by atomic mass is 14.7. The van der Waals surface area contributed by atoms with Crippen molar-refractivity contribution in [3.63, 3.8) is 0 Å². The molecule has 0 radical (unpaired) electrons. The summed E-state index contributed by atoms with van der Waals surface area (Å²) in [5.41, 5.74) is 3.79. The second-order valence-electron chi connectivity index (χ2n) is 3.35.